The van der Waals surface area contributed by atoms with Gasteiger partial charge in [0.1, 0.15) is 11.6 Å². The lowest BCUT2D eigenvalue weighted by atomic mass is 10.0. The van der Waals surface area contributed by atoms with Crippen molar-refractivity contribution in [2.75, 3.05) is 5.73 Å². The van der Waals surface area contributed by atoms with E-state index in [-0.39, 0.29) is 29.4 Å². The Hall–Kier alpha value is -2.12. The highest BCUT2D eigenvalue weighted by atomic mass is 35.5. The Balaban J connectivity index is 2.78. The van der Waals surface area contributed by atoms with E-state index in [9.17, 15) is 14.4 Å². The van der Waals surface area contributed by atoms with E-state index in [1.165, 1.54) is 18.2 Å². The SMILES string of the molecule is CC(C)C(NC(=O)C(N)CC(=O)c1ccc(Cl)cc1N)C(=O)OC(C)(C)C. The molecule has 1 aromatic carbocycles. The van der Waals surface area contributed by atoms with Crippen LogP contribution in [0.5, 0.6) is 0 Å². The van der Waals surface area contributed by atoms with Crippen LogP contribution in [0.15, 0.2) is 18.2 Å². The molecule has 2 atom stereocenters. The molecule has 0 saturated carbocycles. The zero-order chi connectivity index (χ0) is 20.9. The Bertz CT molecular complexity index is 713. The first-order chi connectivity index (χ1) is 12.3. The molecule has 0 fully saturated rings. The van der Waals surface area contributed by atoms with Gasteiger partial charge in [-0.1, -0.05) is 25.4 Å². The molecule has 0 heterocycles. The molecular formula is C19H28ClN3O4. The van der Waals surface area contributed by atoms with Crippen molar-refractivity contribution in [1.29, 1.82) is 0 Å². The van der Waals surface area contributed by atoms with Gasteiger partial charge < -0.3 is 21.5 Å². The Morgan fingerprint density at radius 2 is 1.81 bits per heavy atom. The number of esters is 1. The summed E-state index contributed by atoms with van der Waals surface area (Å²) in [5.41, 5.74) is 11.4. The van der Waals surface area contributed by atoms with E-state index in [0.29, 0.717) is 5.02 Å². The molecule has 0 radical (unpaired) electrons. The lowest BCUT2D eigenvalue weighted by molar-refractivity contribution is -0.160. The minimum Gasteiger partial charge on any atom is -0.458 e. The summed E-state index contributed by atoms with van der Waals surface area (Å²) in [6.45, 7) is 8.78. The van der Waals surface area contributed by atoms with Gasteiger partial charge in [-0.15, -0.1) is 0 Å². The van der Waals surface area contributed by atoms with Crippen molar-refractivity contribution < 1.29 is 19.1 Å². The Morgan fingerprint density at radius 1 is 1.22 bits per heavy atom. The summed E-state index contributed by atoms with van der Waals surface area (Å²) in [6, 6.07) is 2.49. The van der Waals surface area contributed by atoms with Crippen LogP contribution in [0.25, 0.3) is 0 Å². The minimum atomic E-state index is -1.13. The number of ketones is 1. The number of carbonyl (C=O) groups excluding carboxylic acids is 3. The summed E-state index contributed by atoms with van der Waals surface area (Å²) >= 11 is 5.82. The summed E-state index contributed by atoms with van der Waals surface area (Å²) in [5.74, 6) is -1.75. The second-order valence-corrected chi connectivity index (χ2v) is 8.17. The van der Waals surface area contributed by atoms with Crippen molar-refractivity contribution in [2.24, 2.45) is 11.7 Å². The molecule has 1 aromatic rings. The van der Waals surface area contributed by atoms with Crippen LogP contribution < -0.4 is 16.8 Å². The molecule has 0 aliphatic carbocycles. The lowest BCUT2D eigenvalue weighted by Gasteiger charge is -2.27. The zero-order valence-corrected chi connectivity index (χ0v) is 17.1. The largest absolute Gasteiger partial charge is 0.458 e. The minimum absolute atomic E-state index is 0.210. The van der Waals surface area contributed by atoms with E-state index in [4.69, 9.17) is 27.8 Å². The maximum atomic E-state index is 12.4. The Labute approximate surface area is 164 Å². The van der Waals surface area contributed by atoms with Crippen LogP contribution in [0.2, 0.25) is 5.02 Å². The third-order valence-electron chi connectivity index (χ3n) is 3.68. The molecule has 0 bridgehead atoms. The van der Waals surface area contributed by atoms with Gasteiger partial charge in [0.2, 0.25) is 5.91 Å². The molecule has 5 N–H and O–H groups in total. The summed E-state index contributed by atoms with van der Waals surface area (Å²) < 4.78 is 5.33. The van der Waals surface area contributed by atoms with Crippen LogP contribution in [0.3, 0.4) is 0 Å². The number of Topliss-reactive ketones (excluding diaryl/α,β-unsaturated/α-hetero) is 1. The fraction of sp³-hybridized carbons (Fsp3) is 0.526. The molecule has 8 heteroatoms. The summed E-state index contributed by atoms with van der Waals surface area (Å²) in [4.78, 5) is 37.0. The number of rotatable bonds is 7. The number of hydrogen-bond acceptors (Lipinski definition) is 6. The first kappa shape index (κ1) is 22.9. The van der Waals surface area contributed by atoms with E-state index in [1.54, 1.807) is 34.6 Å². The van der Waals surface area contributed by atoms with E-state index < -0.39 is 29.6 Å². The molecule has 0 saturated heterocycles. The number of nitrogen functional groups attached to an aromatic ring is 1. The average Bonchev–Trinajstić information content (AvgIpc) is 2.49. The highest BCUT2D eigenvalue weighted by molar-refractivity contribution is 6.31. The van der Waals surface area contributed by atoms with Gasteiger partial charge in [-0.2, -0.15) is 0 Å². The smallest absolute Gasteiger partial charge is 0.329 e. The normalized spacial score (nSPS) is 13.8. The van der Waals surface area contributed by atoms with Crippen LogP contribution in [0.4, 0.5) is 5.69 Å². The third-order valence-corrected chi connectivity index (χ3v) is 3.92. The van der Waals surface area contributed by atoms with Crippen LogP contribution in [-0.2, 0) is 14.3 Å². The van der Waals surface area contributed by atoms with Crippen molar-refractivity contribution in [1.82, 2.24) is 5.32 Å². The van der Waals surface area contributed by atoms with Crippen molar-refractivity contribution in [2.45, 2.75) is 58.7 Å². The number of amides is 1. The van der Waals surface area contributed by atoms with Crippen molar-refractivity contribution >= 4 is 34.9 Å². The maximum Gasteiger partial charge on any atom is 0.329 e. The molecule has 0 spiro atoms. The maximum absolute atomic E-state index is 12.4. The summed E-state index contributed by atoms with van der Waals surface area (Å²) in [6.07, 6.45) is -0.253. The van der Waals surface area contributed by atoms with Crippen LogP contribution >= 0.6 is 11.6 Å². The topological polar surface area (TPSA) is 125 Å². The number of nitrogens with one attached hydrogen (secondary N) is 1. The number of halogens is 1. The average molecular weight is 398 g/mol. The number of carbonyl (C=O) groups is 3. The Morgan fingerprint density at radius 3 is 2.30 bits per heavy atom. The molecule has 7 nitrogen and oxygen atoms in total. The Kier molecular flexibility index (Phi) is 7.80. The van der Waals surface area contributed by atoms with Gasteiger partial charge >= 0.3 is 5.97 Å². The van der Waals surface area contributed by atoms with Crippen LogP contribution in [-0.4, -0.2) is 35.3 Å². The van der Waals surface area contributed by atoms with Gasteiger partial charge in [-0.25, -0.2) is 4.79 Å². The summed E-state index contributed by atoms with van der Waals surface area (Å²) in [7, 11) is 0. The fourth-order valence-corrected chi connectivity index (χ4v) is 2.49. The molecule has 150 valence electrons. The number of nitrogens with two attached hydrogens (primary N) is 2. The van der Waals surface area contributed by atoms with E-state index in [2.05, 4.69) is 5.32 Å². The number of hydrogen-bond donors (Lipinski definition) is 3. The van der Waals surface area contributed by atoms with Crippen molar-refractivity contribution in [3.63, 3.8) is 0 Å². The van der Waals surface area contributed by atoms with Crippen molar-refractivity contribution in [3.8, 4) is 0 Å². The van der Waals surface area contributed by atoms with Crippen molar-refractivity contribution in [3.05, 3.63) is 28.8 Å². The van der Waals surface area contributed by atoms with E-state index in [1.807, 2.05) is 0 Å². The van der Waals surface area contributed by atoms with Gasteiger partial charge in [-0.05, 0) is 44.9 Å². The third kappa shape index (κ3) is 7.19. The standard InChI is InChI=1S/C19H28ClN3O4/c1-10(2)16(18(26)27-19(3,4)5)23-17(25)14(22)9-15(24)12-7-6-11(20)8-13(12)21/h6-8,10,14,16H,9,21-22H2,1-5H3,(H,23,25). The first-order valence-electron chi connectivity index (χ1n) is 8.69. The van der Waals surface area contributed by atoms with E-state index in [0.717, 1.165) is 0 Å². The predicted molar refractivity (Wildman–Crippen MR) is 105 cm³/mol. The quantitative estimate of drug-likeness (QED) is 0.368. The monoisotopic (exact) mass is 397 g/mol. The lowest BCUT2D eigenvalue weighted by Crippen LogP contribution is -2.52. The van der Waals surface area contributed by atoms with Gasteiger partial charge in [0.25, 0.3) is 0 Å². The highest BCUT2D eigenvalue weighted by Gasteiger charge is 2.31. The molecular weight excluding hydrogens is 370 g/mol. The molecule has 0 aromatic heterocycles. The van der Waals surface area contributed by atoms with Gasteiger partial charge in [0.05, 0.1) is 6.04 Å². The zero-order valence-electron chi connectivity index (χ0n) is 16.3. The molecule has 1 rings (SSSR count). The molecule has 27 heavy (non-hydrogen) atoms. The van der Waals surface area contributed by atoms with Gasteiger partial charge in [0.15, 0.2) is 5.78 Å². The number of ether oxygens (including phenoxy) is 1. The van der Waals surface area contributed by atoms with Crippen LogP contribution in [0.1, 0.15) is 51.4 Å². The van der Waals surface area contributed by atoms with Crippen LogP contribution in [0, 0.1) is 5.92 Å². The van der Waals surface area contributed by atoms with Gasteiger partial charge in [0, 0.05) is 22.7 Å². The predicted octanol–water partition coefficient (Wildman–Crippen LogP) is 2.30. The van der Waals surface area contributed by atoms with E-state index >= 15 is 0 Å². The molecule has 1 amide bonds. The summed E-state index contributed by atoms with van der Waals surface area (Å²) in [5, 5.41) is 2.98. The fourth-order valence-electron chi connectivity index (χ4n) is 2.31. The number of benzene rings is 1. The van der Waals surface area contributed by atoms with Gasteiger partial charge in [-0.3, -0.25) is 9.59 Å². The molecule has 0 aliphatic rings. The second kappa shape index (κ2) is 9.19. The highest BCUT2D eigenvalue weighted by Crippen LogP contribution is 2.20. The molecule has 2 unspecified atom stereocenters. The first-order valence-corrected chi connectivity index (χ1v) is 9.06. The number of anilines is 1. The molecule has 0 aliphatic heterocycles. The second-order valence-electron chi connectivity index (χ2n) is 7.73.